The lowest BCUT2D eigenvalue weighted by molar-refractivity contribution is 0.0657. The van der Waals surface area contributed by atoms with Crippen LogP contribution >= 0.6 is 24.0 Å². The van der Waals surface area contributed by atoms with Crippen LogP contribution in [0.25, 0.3) is 0 Å². The lowest BCUT2D eigenvalue weighted by atomic mass is 10.1. The third-order valence-electron chi connectivity index (χ3n) is 4.19. The third-order valence-corrected chi connectivity index (χ3v) is 4.19. The number of nitrogens with zero attached hydrogens (tertiary/aromatic N) is 1. The maximum atomic E-state index is 5.62. The number of hydrogen-bond donors (Lipinski definition) is 2. The highest BCUT2D eigenvalue weighted by atomic mass is 127. The minimum Gasteiger partial charge on any atom is -0.454 e. The molecule has 1 heterocycles. The first-order valence-corrected chi connectivity index (χ1v) is 9.16. The second kappa shape index (κ2) is 11.1. The molecule has 0 saturated carbocycles. The lowest BCUT2D eigenvalue weighted by Crippen LogP contribution is -2.36. The van der Waals surface area contributed by atoms with Gasteiger partial charge in [0.25, 0.3) is 0 Å². The van der Waals surface area contributed by atoms with Crippen LogP contribution in [0, 0.1) is 0 Å². The monoisotopic (exact) mass is 497 g/mol. The molecular weight excluding hydrogens is 469 g/mol. The second-order valence-electron chi connectivity index (χ2n) is 6.64. The summed E-state index contributed by atoms with van der Waals surface area (Å²) in [5.41, 5.74) is 3.48. The summed E-state index contributed by atoms with van der Waals surface area (Å²) in [5, 5.41) is 6.64. The largest absolute Gasteiger partial charge is 0.454 e. The summed E-state index contributed by atoms with van der Waals surface area (Å²) in [6.07, 6.45) is 0.241. The van der Waals surface area contributed by atoms with E-state index < -0.39 is 0 Å². The molecule has 28 heavy (non-hydrogen) atoms. The van der Waals surface area contributed by atoms with Crippen LogP contribution in [0.15, 0.2) is 47.5 Å². The Balaban J connectivity index is 0.00000280. The van der Waals surface area contributed by atoms with Crippen LogP contribution in [0.2, 0.25) is 0 Å². The molecule has 6 nitrogen and oxygen atoms in total. The molecule has 1 aliphatic heterocycles. The van der Waals surface area contributed by atoms with Crippen LogP contribution in [0.5, 0.6) is 11.5 Å². The molecule has 0 amide bonds. The second-order valence-corrected chi connectivity index (χ2v) is 6.64. The highest BCUT2D eigenvalue weighted by Gasteiger charge is 2.13. The summed E-state index contributed by atoms with van der Waals surface area (Å²) >= 11 is 0. The zero-order valence-electron chi connectivity index (χ0n) is 16.5. The van der Waals surface area contributed by atoms with Gasteiger partial charge >= 0.3 is 0 Å². The van der Waals surface area contributed by atoms with Gasteiger partial charge in [0, 0.05) is 20.1 Å². The first-order valence-electron chi connectivity index (χ1n) is 9.16. The fraction of sp³-hybridized carbons (Fsp3) is 0.381. The Kier molecular flexibility index (Phi) is 8.85. The summed E-state index contributed by atoms with van der Waals surface area (Å²) in [4.78, 5) is 4.28. The zero-order valence-corrected chi connectivity index (χ0v) is 18.9. The van der Waals surface area contributed by atoms with E-state index in [4.69, 9.17) is 14.2 Å². The smallest absolute Gasteiger partial charge is 0.231 e. The van der Waals surface area contributed by atoms with Crippen molar-refractivity contribution in [3.8, 4) is 11.5 Å². The molecule has 152 valence electrons. The standard InChI is InChI=1S/C21H27N3O3.HI/c1-15(2)25-13-17-6-4-16(5-7-17)11-23-21(22-3)24-12-18-8-9-19-20(10-18)27-14-26-19;/h4-10,15H,11-14H2,1-3H3,(H2,22,23,24);1H. The maximum absolute atomic E-state index is 5.62. The molecule has 0 atom stereocenters. The molecule has 3 rings (SSSR count). The van der Waals surface area contributed by atoms with E-state index in [1.165, 1.54) is 11.1 Å². The highest BCUT2D eigenvalue weighted by molar-refractivity contribution is 14.0. The molecule has 1 aliphatic rings. The summed E-state index contributed by atoms with van der Waals surface area (Å²) < 4.78 is 16.4. The number of aliphatic imine (C=N–C) groups is 1. The molecule has 0 saturated heterocycles. The number of nitrogens with one attached hydrogen (secondary N) is 2. The summed E-state index contributed by atoms with van der Waals surface area (Å²) in [7, 11) is 1.77. The molecule has 2 N–H and O–H groups in total. The fourth-order valence-corrected chi connectivity index (χ4v) is 2.66. The first kappa shape index (κ1) is 22.3. The topological polar surface area (TPSA) is 64.1 Å². The predicted molar refractivity (Wildman–Crippen MR) is 121 cm³/mol. The molecule has 2 aromatic carbocycles. The van der Waals surface area contributed by atoms with Gasteiger partial charge in [0.05, 0.1) is 12.7 Å². The fourth-order valence-electron chi connectivity index (χ4n) is 2.66. The van der Waals surface area contributed by atoms with Crippen molar-refractivity contribution in [1.82, 2.24) is 10.6 Å². The van der Waals surface area contributed by atoms with Gasteiger partial charge in [-0.25, -0.2) is 0 Å². The SMILES string of the molecule is CN=C(NCc1ccc(COC(C)C)cc1)NCc1ccc2c(c1)OCO2.I. The number of fused-ring (bicyclic) bond motifs is 1. The van der Waals surface area contributed by atoms with Gasteiger partial charge in [-0.2, -0.15) is 0 Å². The van der Waals surface area contributed by atoms with Gasteiger partial charge in [0.1, 0.15) is 0 Å². The normalized spacial score (nSPS) is 12.6. The minimum atomic E-state index is 0. The Morgan fingerprint density at radius 3 is 2.25 bits per heavy atom. The van der Waals surface area contributed by atoms with Gasteiger partial charge in [0.15, 0.2) is 17.5 Å². The number of hydrogen-bond acceptors (Lipinski definition) is 4. The number of benzene rings is 2. The molecule has 7 heteroatoms. The van der Waals surface area contributed by atoms with Crippen molar-refractivity contribution in [2.75, 3.05) is 13.8 Å². The summed E-state index contributed by atoms with van der Waals surface area (Å²) in [5.74, 6) is 2.34. The summed E-state index contributed by atoms with van der Waals surface area (Å²) in [6, 6.07) is 14.4. The Labute approximate surface area is 183 Å². The van der Waals surface area contributed by atoms with E-state index in [2.05, 4.69) is 39.9 Å². The van der Waals surface area contributed by atoms with Crippen LogP contribution < -0.4 is 20.1 Å². The average Bonchev–Trinajstić information content (AvgIpc) is 3.15. The molecule has 0 aliphatic carbocycles. The van der Waals surface area contributed by atoms with Crippen LogP contribution in [0.3, 0.4) is 0 Å². The van der Waals surface area contributed by atoms with Crippen molar-refractivity contribution >= 4 is 29.9 Å². The molecule has 0 aromatic heterocycles. The van der Waals surface area contributed by atoms with Gasteiger partial charge in [-0.05, 0) is 42.7 Å². The van der Waals surface area contributed by atoms with Crippen LogP contribution in [-0.4, -0.2) is 25.9 Å². The van der Waals surface area contributed by atoms with E-state index >= 15 is 0 Å². The van der Waals surface area contributed by atoms with Crippen molar-refractivity contribution in [2.24, 2.45) is 4.99 Å². The number of guanidine groups is 1. The Hall–Kier alpha value is -2.00. The molecule has 0 bridgehead atoms. The molecule has 0 fully saturated rings. The van der Waals surface area contributed by atoms with Crippen molar-refractivity contribution in [3.05, 3.63) is 59.2 Å². The molecule has 0 spiro atoms. The predicted octanol–water partition coefficient (Wildman–Crippen LogP) is 3.82. The zero-order chi connectivity index (χ0) is 19.1. The van der Waals surface area contributed by atoms with Gasteiger partial charge in [-0.3, -0.25) is 4.99 Å². The quantitative estimate of drug-likeness (QED) is 0.346. The van der Waals surface area contributed by atoms with E-state index in [0.717, 1.165) is 23.0 Å². The average molecular weight is 497 g/mol. The highest BCUT2D eigenvalue weighted by Crippen LogP contribution is 2.32. The summed E-state index contributed by atoms with van der Waals surface area (Å²) in [6.45, 7) is 6.37. The van der Waals surface area contributed by atoms with Gasteiger partial charge in [-0.15, -0.1) is 24.0 Å². The number of halogens is 1. The van der Waals surface area contributed by atoms with Crippen molar-refractivity contribution in [3.63, 3.8) is 0 Å². The Bertz CT molecular complexity index is 779. The lowest BCUT2D eigenvalue weighted by Gasteiger charge is -2.13. The minimum absolute atomic E-state index is 0. The molecule has 2 aromatic rings. The first-order chi connectivity index (χ1) is 13.1. The van der Waals surface area contributed by atoms with E-state index in [0.29, 0.717) is 19.7 Å². The van der Waals surface area contributed by atoms with Crippen molar-refractivity contribution in [1.29, 1.82) is 0 Å². The van der Waals surface area contributed by atoms with E-state index in [9.17, 15) is 0 Å². The third kappa shape index (κ3) is 6.56. The van der Waals surface area contributed by atoms with Crippen LogP contribution in [-0.2, 0) is 24.4 Å². The van der Waals surface area contributed by atoms with E-state index in [-0.39, 0.29) is 36.9 Å². The number of rotatable bonds is 7. The van der Waals surface area contributed by atoms with Gasteiger partial charge in [-0.1, -0.05) is 30.3 Å². The van der Waals surface area contributed by atoms with Gasteiger partial charge in [0.2, 0.25) is 6.79 Å². The van der Waals surface area contributed by atoms with Gasteiger partial charge < -0.3 is 24.8 Å². The Morgan fingerprint density at radius 2 is 1.57 bits per heavy atom. The van der Waals surface area contributed by atoms with Crippen LogP contribution in [0.1, 0.15) is 30.5 Å². The maximum Gasteiger partial charge on any atom is 0.231 e. The number of ether oxygens (including phenoxy) is 3. The van der Waals surface area contributed by atoms with Crippen molar-refractivity contribution in [2.45, 2.75) is 39.6 Å². The van der Waals surface area contributed by atoms with E-state index in [1.54, 1.807) is 7.05 Å². The Morgan fingerprint density at radius 1 is 0.964 bits per heavy atom. The molecular formula is C21H28IN3O3. The molecule has 0 radical (unpaired) electrons. The van der Waals surface area contributed by atoms with E-state index in [1.807, 2.05) is 32.0 Å². The molecule has 0 unspecified atom stereocenters. The van der Waals surface area contributed by atoms with Crippen LogP contribution in [0.4, 0.5) is 0 Å². The van der Waals surface area contributed by atoms with Crippen molar-refractivity contribution < 1.29 is 14.2 Å².